The van der Waals surface area contributed by atoms with E-state index in [1.807, 2.05) is 25.2 Å². The summed E-state index contributed by atoms with van der Waals surface area (Å²) in [5.41, 5.74) is 0.738. The molecule has 0 radical (unpaired) electrons. The first-order chi connectivity index (χ1) is 9.16. The van der Waals surface area contributed by atoms with E-state index < -0.39 is 5.41 Å². The van der Waals surface area contributed by atoms with Gasteiger partial charge in [0, 0.05) is 26.6 Å². The Morgan fingerprint density at radius 3 is 2.68 bits per heavy atom. The van der Waals surface area contributed by atoms with Crippen LogP contribution >= 0.6 is 0 Å². The molecule has 0 amide bonds. The van der Waals surface area contributed by atoms with Gasteiger partial charge in [0.25, 0.3) is 0 Å². The number of nitrogens with zero attached hydrogens (tertiary/aromatic N) is 1. The third-order valence-electron chi connectivity index (χ3n) is 3.54. The van der Waals surface area contributed by atoms with Gasteiger partial charge >= 0.3 is 5.97 Å². The van der Waals surface area contributed by atoms with Gasteiger partial charge < -0.3 is 14.4 Å². The van der Waals surface area contributed by atoms with E-state index in [-0.39, 0.29) is 5.97 Å². The average molecular weight is 263 g/mol. The van der Waals surface area contributed by atoms with Crippen molar-refractivity contribution in [2.75, 3.05) is 33.9 Å². The fourth-order valence-electron chi connectivity index (χ4n) is 2.66. The lowest BCUT2D eigenvalue weighted by Gasteiger charge is -2.29. The van der Waals surface area contributed by atoms with Crippen LogP contribution in [0.2, 0.25) is 0 Å². The van der Waals surface area contributed by atoms with Crippen LogP contribution in [0.3, 0.4) is 0 Å². The van der Waals surface area contributed by atoms with Crippen LogP contribution in [-0.4, -0.2) is 44.8 Å². The van der Waals surface area contributed by atoms with Crippen LogP contribution in [0.15, 0.2) is 30.3 Å². The van der Waals surface area contributed by atoms with Gasteiger partial charge in [-0.15, -0.1) is 0 Å². The number of carbonyl (C=O) groups excluding carboxylic acids is 1. The number of hydrogen-bond acceptors (Lipinski definition) is 4. The molecule has 1 aliphatic heterocycles. The Morgan fingerprint density at radius 1 is 1.37 bits per heavy atom. The van der Waals surface area contributed by atoms with Crippen molar-refractivity contribution in [1.29, 1.82) is 0 Å². The number of rotatable bonds is 6. The van der Waals surface area contributed by atoms with Gasteiger partial charge in [-0.2, -0.15) is 0 Å². The lowest BCUT2D eigenvalue weighted by molar-refractivity contribution is -0.149. The lowest BCUT2D eigenvalue weighted by Crippen LogP contribution is -2.42. The van der Waals surface area contributed by atoms with E-state index in [1.54, 1.807) is 7.11 Å². The van der Waals surface area contributed by atoms with E-state index in [0.717, 1.165) is 13.0 Å². The zero-order chi connectivity index (χ0) is 13.7. The van der Waals surface area contributed by atoms with E-state index in [9.17, 15) is 4.79 Å². The highest BCUT2D eigenvalue weighted by Gasteiger charge is 2.45. The molecular weight excluding hydrogens is 242 g/mol. The van der Waals surface area contributed by atoms with Gasteiger partial charge in [-0.1, -0.05) is 30.3 Å². The van der Waals surface area contributed by atoms with Gasteiger partial charge in [0.15, 0.2) is 0 Å². The van der Waals surface area contributed by atoms with Crippen LogP contribution in [-0.2, 0) is 20.8 Å². The van der Waals surface area contributed by atoms with Crippen LogP contribution in [0.4, 0.5) is 0 Å². The highest BCUT2D eigenvalue weighted by molar-refractivity contribution is 5.79. The molecule has 1 aromatic rings. The quantitative estimate of drug-likeness (QED) is 0.732. The SMILES string of the molecule is COC[C@@]1(CN(C)Cc2ccccc2)CCOC1=O. The van der Waals surface area contributed by atoms with Crippen LogP contribution in [0, 0.1) is 5.41 Å². The molecule has 0 bridgehead atoms. The largest absolute Gasteiger partial charge is 0.465 e. The molecule has 104 valence electrons. The Labute approximate surface area is 114 Å². The number of carbonyl (C=O) groups is 1. The first kappa shape index (κ1) is 14.0. The third kappa shape index (κ3) is 3.33. The first-order valence-electron chi connectivity index (χ1n) is 6.55. The molecule has 1 heterocycles. The average Bonchev–Trinajstić information content (AvgIpc) is 2.72. The molecular formula is C15H21NO3. The molecule has 0 spiro atoms. The molecule has 4 nitrogen and oxygen atoms in total. The number of esters is 1. The van der Waals surface area contributed by atoms with E-state index in [4.69, 9.17) is 9.47 Å². The summed E-state index contributed by atoms with van der Waals surface area (Å²) in [7, 11) is 3.65. The highest BCUT2D eigenvalue weighted by atomic mass is 16.5. The van der Waals surface area contributed by atoms with Crippen molar-refractivity contribution >= 4 is 5.97 Å². The Morgan fingerprint density at radius 2 is 2.11 bits per heavy atom. The summed E-state index contributed by atoms with van der Waals surface area (Å²) < 4.78 is 10.4. The molecule has 19 heavy (non-hydrogen) atoms. The Kier molecular flexibility index (Phi) is 4.56. The Bertz CT molecular complexity index is 421. The van der Waals surface area contributed by atoms with E-state index in [0.29, 0.717) is 19.8 Å². The number of benzene rings is 1. The first-order valence-corrected chi connectivity index (χ1v) is 6.55. The van der Waals surface area contributed by atoms with Gasteiger partial charge in [-0.25, -0.2) is 0 Å². The predicted molar refractivity (Wildman–Crippen MR) is 72.7 cm³/mol. The Hall–Kier alpha value is -1.39. The third-order valence-corrected chi connectivity index (χ3v) is 3.54. The molecule has 1 saturated heterocycles. The van der Waals surface area contributed by atoms with Crippen molar-refractivity contribution in [1.82, 2.24) is 4.90 Å². The summed E-state index contributed by atoms with van der Waals surface area (Å²) in [5.74, 6) is -0.130. The smallest absolute Gasteiger partial charge is 0.315 e. The molecule has 1 aliphatic rings. The molecule has 0 saturated carbocycles. The lowest BCUT2D eigenvalue weighted by atomic mass is 9.87. The van der Waals surface area contributed by atoms with E-state index >= 15 is 0 Å². The molecule has 0 unspecified atom stereocenters. The minimum atomic E-state index is -0.502. The van der Waals surface area contributed by atoms with Crippen molar-refractivity contribution < 1.29 is 14.3 Å². The minimum Gasteiger partial charge on any atom is -0.465 e. The van der Waals surface area contributed by atoms with Crippen molar-refractivity contribution in [3.05, 3.63) is 35.9 Å². The molecule has 0 aliphatic carbocycles. The summed E-state index contributed by atoms with van der Waals surface area (Å²) in [4.78, 5) is 14.1. The second-order valence-corrected chi connectivity index (χ2v) is 5.26. The minimum absolute atomic E-state index is 0.130. The molecule has 4 heteroatoms. The second-order valence-electron chi connectivity index (χ2n) is 5.26. The van der Waals surface area contributed by atoms with E-state index in [2.05, 4.69) is 17.0 Å². The number of hydrogen-bond donors (Lipinski definition) is 0. The molecule has 1 fully saturated rings. The fourth-order valence-corrected chi connectivity index (χ4v) is 2.66. The normalized spacial score (nSPS) is 22.8. The zero-order valence-corrected chi connectivity index (χ0v) is 11.6. The molecule has 1 aromatic carbocycles. The number of ether oxygens (including phenoxy) is 2. The van der Waals surface area contributed by atoms with Crippen molar-refractivity contribution in [2.45, 2.75) is 13.0 Å². The number of methoxy groups -OCH3 is 1. The van der Waals surface area contributed by atoms with Crippen molar-refractivity contribution in [2.24, 2.45) is 5.41 Å². The second kappa shape index (κ2) is 6.17. The van der Waals surface area contributed by atoms with E-state index in [1.165, 1.54) is 5.56 Å². The Balaban J connectivity index is 1.99. The van der Waals surface area contributed by atoms with Crippen LogP contribution in [0.1, 0.15) is 12.0 Å². The predicted octanol–water partition coefficient (Wildman–Crippen LogP) is 1.70. The molecule has 2 rings (SSSR count). The van der Waals surface area contributed by atoms with Gasteiger partial charge in [0.2, 0.25) is 0 Å². The zero-order valence-electron chi connectivity index (χ0n) is 11.6. The summed E-state index contributed by atoms with van der Waals surface area (Å²) in [6.45, 7) is 2.40. The van der Waals surface area contributed by atoms with Crippen LogP contribution in [0.25, 0.3) is 0 Å². The highest BCUT2D eigenvalue weighted by Crippen LogP contribution is 2.31. The van der Waals surface area contributed by atoms with Crippen LogP contribution in [0.5, 0.6) is 0 Å². The maximum absolute atomic E-state index is 11.9. The number of cyclic esters (lactones) is 1. The summed E-state index contributed by atoms with van der Waals surface area (Å²) in [6.07, 6.45) is 0.735. The van der Waals surface area contributed by atoms with Crippen LogP contribution < -0.4 is 0 Å². The maximum Gasteiger partial charge on any atom is 0.315 e. The van der Waals surface area contributed by atoms with Gasteiger partial charge in [0.05, 0.1) is 13.2 Å². The van der Waals surface area contributed by atoms with Crippen molar-refractivity contribution in [3.63, 3.8) is 0 Å². The monoisotopic (exact) mass is 263 g/mol. The summed E-state index contributed by atoms with van der Waals surface area (Å²) in [5, 5.41) is 0. The fraction of sp³-hybridized carbons (Fsp3) is 0.533. The standard InChI is InChI=1S/C15H21NO3/c1-16(10-13-6-4-3-5-7-13)11-15(12-18-2)8-9-19-14(15)17/h3-7H,8-12H2,1-2H3/t15-/m0/s1. The summed E-state index contributed by atoms with van der Waals surface area (Å²) in [6, 6.07) is 10.2. The van der Waals surface area contributed by atoms with Crippen molar-refractivity contribution in [3.8, 4) is 0 Å². The van der Waals surface area contributed by atoms with Gasteiger partial charge in [-0.05, 0) is 12.6 Å². The molecule has 1 atom stereocenters. The van der Waals surface area contributed by atoms with Gasteiger partial charge in [-0.3, -0.25) is 4.79 Å². The molecule has 0 N–H and O–H groups in total. The topological polar surface area (TPSA) is 38.8 Å². The maximum atomic E-state index is 11.9. The summed E-state index contributed by atoms with van der Waals surface area (Å²) >= 11 is 0. The van der Waals surface area contributed by atoms with Gasteiger partial charge in [0.1, 0.15) is 5.41 Å². The molecule has 0 aromatic heterocycles.